The van der Waals surface area contributed by atoms with Gasteiger partial charge >= 0.3 is 11.7 Å². The summed E-state index contributed by atoms with van der Waals surface area (Å²) in [4.78, 5) is 37.0. The molecule has 3 rings (SSSR count). The number of halogens is 1. The highest BCUT2D eigenvalue weighted by Crippen LogP contribution is 2.40. The van der Waals surface area contributed by atoms with Gasteiger partial charge in [0, 0.05) is 13.1 Å². The minimum atomic E-state index is -3.51. The molecule has 0 aliphatic carbocycles. The van der Waals surface area contributed by atoms with Crippen LogP contribution in [-0.4, -0.2) is 52.1 Å². The fraction of sp³-hybridized carbons (Fsp3) is 0.450. The summed E-state index contributed by atoms with van der Waals surface area (Å²) in [6.07, 6.45) is -2.53. The maximum Gasteiger partial charge on any atom is 0.330 e. The van der Waals surface area contributed by atoms with E-state index in [4.69, 9.17) is 14.0 Å². The summed E-state index contributed by atoms with van der Waals surface area (Å²) < 4.78 is 43.1. The second kappa shape index (κ2) is 10.5. The van der Waals surface area contributed by atoms with Gasteiger partial charge in [0.1, 0.15) is 25.0 Å². The molecule has 180 valence electrons. The fourth-order valence-corrected chi connectivity index (χ4v) is 4.54. The number of esters is 1. The summed E-state index contributed by atoms with van der Waals surface area (Å²) in [6, 6.07) is 8.13. The molecule has 1 fully saturated rings. The summed E-state index contributed by atoms with van der Waals surface area (Å²) in [7, 11) is -3.51. The first-order valence-electron chi connectivity index (χ1n) is 10.1. The van der Waals surface area contributed by atoms with E-state index in [0.29, 0.717) is 6.20 Å². The van der Waals surface area contributed by atoms with Gasteiger partial charge in [-0.2, -0.15) is 4.39 Å². The predicted octanol–water partition coefficient (Wildman–Crippen LogP) is 0.885. The molecule has 33 heavy (non-hydrogen) atoms. The highest BCUT2D eigenvalue weighted by molar-refractivity contribution is 7.56. The Labute approximate surface area is 188 Å². The lowest BCUT2D eigenvalue weighted by Crippen LogP contribution is -2.35. The van der Waals surface area contributed by atoms with Crippen LogP contribution in [0.15, 0.2) is 46.1 Å². The molecule has 3 N–H and O–H groups in total. The Kier molecular flexibility index (Phi) is 7.98. The van der Waals surface area contributed by atoms with Crippen molar-refractivity contribution in [3.63, 3.8) is 0 Å². The van der Waals surface area contributed by atoms with E-state index < -0.39 is 55.0 Å². The SMILES string of the molecule is C[C@H](N[P@@](C)(=O)OC[C@H]1O[C@@H](n2cc(F)c(=O)[nH]c2=O)CC1O)C(=O)OCc1ccccc1. The minimum absolute atomic E-state index is 0.0643. The van der Waals surface area contributed by atoms with Crippen LogP contribution in [0.3, 0.4) is 0 Å². The molecule has 11 nitrogen and oxygen atoms in total. The first-order valence-corrected chi connectivity index (χ1v) is 12.2. The quantitative estimate of drug-likeness (QED) is 0.348. The predicted molar refractivity (Wildman–Crippen MR) is 114 cm³/mol. The lowest BCUT2D eigenvalue weighted by molar-refractivity contribution is -0.146. The Morgan fingerprint density at radius 1 is 1.39 bits per heavy atom. The molecule has 13 heteroatoms. The maximum absolute atomic E-state index is 13.5. The van der Waals surface area contributed by atoms with Crippen LogP contribution in [0.4, 0.5) is 4.39 Å². The van der Waals surface area contributed by atoms with Gasteiger partial charge in [-0.15, -0.1) is 0 Å². The molecule has 1 aromatic heterocycles. The minimum Gasteiger partial charge on any atom is -0.460 e. The lowest BCUT2D eigenvalue weighted by Gasteiger charge is -2.22. The molecule has 5 atom stereocenters. The normalized spacial score (nSPS) is 23.1. The number of hydrogen-bond donors (Lipinski definition) is 3. The summed E-state index contributed by atoms with van der Waals surface area (Å²) in [5.74, 6) is -1.80. The van der Waals surface area contributed by atoms with Gasteiger partial charge in [-0.25, -0.2) is 9.88 Å². The van der Waals surface area contributed by atoms with Gasteiger partial charge in [0.2, 0.25) is 5.82 Å². The van der Waals surface area contributed by atoms with Crippen molar-refractivity contribution in [2.75, 3.05) is 13.3 Å². The van der Waals surface area contributed by atoms with E-state index in [0.717, 1.165) is 10.1 Å². The third kappa shape index (κ3) is 6.68. The Bertz CT molecular complexity index is 1140. The summed E-state index contributed by atoms with van der Waals surface area (Å²) in [5, 5.41) is 12.8. The molecule has 1 aliphatic heterocycles. The smallest absolute Gasteiger partial charge is 0.330 e. The average Bonchev–Trinajstić information content (AvgIpc) is 3.14. The number of carbonyl (C=O) groups excluding carboxylic acids is 1. The van der Waals surface area contributed by atoms with Crippen molar-refractivity contribution >= 4 is 13.5 Å². The fourth-order valence-electron chi connectivity index (χ4n) is 3.22. The zero-order valence-electron chi connectivity index (χ0n) is 18.0. The first kappa shape index (κ1) is 25.0. The number of aromatic amines is 1. The van der Waals surface area contributed by atoms with E-state index in [2.05, 4.69) is 5.09 Å². The van der Waals surface area contributed by atoms with Crippen LogP contribution in [0.25, 0.3) is 0 Å². The van der Waals surface area contributed by atoms with E-state index in [1.807, 2.05) is 23.2 Å². The zero-order chi connectivity index (χ0) is 24.2. The number of H-pyrrole nitrogens is 1. The number of nitrogens with zero attached hydrogens (tertiary/aromatic N) is 1. The van der Waals surface area contributed by atoms with Crippen molar-refractivity contribution in [2.24, 2.45) is 0 Å². The number of nitrogens with one attached hydrogen (secondary N) is 2. The molecule has 1 unspecified atom stereocenters. The Hall–Kier alpha value is -2.63. The van der Waals surface area contributed by atoms with Crippen molar-refractivity contribution in [1.82, 2.24) is 14.6 Å². The summed E-state index contributed by atoms with van der Waals surface area (Å²) >= 11 is 0. The van der Waals surface area contributed by atoms with E-state index in [9.17, 15) is 28.4 Å². The van der Waals surface area contributed by atoms with Gasteiger partial charge in [-0.3, -0.25) is 23.7 Å². The molecule has 1 aliphatic rings. The van der Waals surface area contributed by atoms with Gasteiger partial charge in [0.15, 0.2) is 0 Å². The van der Waals surface area contributed by atoms with Gasteiger partial charge in [0.05, 0.1) is 18.9 Å². The van der Waals surface area contributed by atoms with Crippen LogP contribution < -0.4 is 16.3 Å². The number of rotatable bonds is 9. The van der Waals surface area contributed by atoms with Crippen LogP contribution in [-0.2, 0) is 30.0 Å². The van der Waals surface area contributed by atoms with Crippen LogP contribution in [0.1, 0.15) is 25.1 Å². The molecular weight excluding hydrogens is 460 g/mol. The molecule has 0 radical (unpaired) electrons. The van der Waals surface area contributed by atoms with E-state index in [1.165, 1.54) is 13.6 Å². The molecule has 2 heterocycles. The van der Waals surface area contributed by atoms with Crippen molar-refractivity contribution in [3.8, 4) is 0 Å². The van der Waals surface area contributed by atoms with E-state index in [1.54, 1.807) is 12.1 Å². The number of carbonyl (C=O) groups is 1. The number of benzene rings is 1. The zero-order valence-corrected chi connectivity index (χ0v) is 18.9. The highest BCUT2D eigenvalue weighted by Gasteiger charge is 2.37. The molecule has 0 bridgehead atoms. The van der Waals surface area contributed by atoms with Crippen LogP contribution >= 0.6 is 7.52 Å². The maximum atomic E-state index is 13.5. The third-order valence-electron chi connectivity index (χ3n) is 4.93. The highest BCUT2D eigenvalue weighted by atomic mass is 31.2. The third-order valence-corrected chi connectivity index (χ3v) is 6.43. The number of aromatic nitrogens is 2. The van der Waals surface area contributed by atoms with Gasteiger partial charge < -0.3 is 19.1 Å². The van der Waals surface area contributed by atoms with Crippen molar-refractivity contribution in [1.29, 1.82) is 0 Å². The van der Waals surface area contributed by atoms with Crippen molar-refractivity contribution < 1.29 is 32.9 Å². The van der Waals surface area contributed by atoms with Gasteiger partial charge in [0.25, 0.3) is 13.1 Å². The van der Waals surface area contributed by atoms with Crippen LogP contribution in [0.5, 0.6) is 0 Å². The number of hydrogen-bond acceptors (Lipinski definition) is 8. The molecule has 2 aromatic rings. The van der Waals surface area contributed by atoms with E-state index in [-0.39, 0.29) is 19.6 Å². The molecule has 1 aromatic carbocycles. The molecule has 0 spiro atoms. The topological polar surface area (TPSA) is 149 Å². The standard InChI is InChI=1S/C20H25FN3O8P/c1-12(19(27)30-10-13-6-4-3-5-7-13)23-33(2,29)31-11-16-15(25)8-17(32-16)24-9-14(21)18(26)22-20(24)28/h3-7,9,12,15-17,25H,8,10-11H2,1-2H3,(H,23,29)(H,22,26,28)/t12-,15?,16+,17+,33-/m0/s1. The van der Waals surface area contributed by atoms with Gasteiger partial charge in [-0.1, -0.05) is 30.3 Å². The first-order chi connectivity index (χ1) is 15.6. The monoisotopic (exact) mass is 485 g/mol. The lowest BCUT2D eigenvalue weighted by atomic mass is 10.2. The largest absolute Gasteiger partial charge is 0.460 e. The van der Waals surface area contributed by atoms with Crippen LogP contribution in [0, 0.1) is 5.82 Å². The van der Waals surface area contributed by atoms with E-state index >= 15 is 0 Å². The Morgan fingerprint density at radius 3 is 2.79 bits per heavy atom. The summed E-state index contributed by atoms with van der Waals surface area (Å²) in [6.45, 7) is 2.47. The molecule has 0 amide bonds. The van der Waals surface area contributed by atoms with Crippen LogP contribution in [0.2, 0.25) is 0 Å². The second-order valence-corrected chi connectivity index (χ2v) is 9.87. The molecule has 0 saturated carbocycles. The number of ether oxygens (including phenoxy) is 2. The Balaban J connectivity index is 1.51. The molecule has 1 saturated heterocycles. The van der Waals surface area contributed by atoms with Crippen molar-refractivity contribution in [2.45, 2.75) is 44.4 Å². The molecular formula is C20H25FN3O8P. The number of aliphatic hydroxyl groups is 1. The Morgan fingerprint density at radius 2 is 2.09 bits per heavy atom. The second-order valence-electron chi connectivity index (χ2n) is 7.66. The van der Waals surface area contributed by atoms with Crippen molar-refractivity contribution in [3.05, 3.63) is 68.7 Å². The number of aliphatic hydroxyl groups excluding tert-OH is 1. The average molecular weight is 485 g/mol. The summed E-state index contributed by atoms with van der Waals surface area (Å²) in [5.41, 5.74) is -1.26. The van der Waals surface area contributed by atoms with Gasteiger partial charge in [-0.05, 0) is 12.5 Å².